The summed E-state index contributed by atoms with van der Waals surface area (Å²) in [5.74, 6) is -1.96. The molecule has 2 aromatic carbocycles. The average molecular weight is 419 g/mol. The van der Waals surface area contributed by atoms with E-state index in [2.05, 4.69) is 0 Å². The molecule has 0 saturated carbocycles. The summed E-state index contributed by atoms with van der Waals surface area (Å²) in [4.78, 5) is 24.1. The number of rotatable bonds is 6. The third kappa shape index (κ3) is 7.82. The molecule has 0 saturated heterocycles. The normalized spacial score (nSPS) is 11.8. The Balaban J connectivity index is 0.00000364. The molecule has 7 nitrogen and oxygen atoms in total. The number of benzene rings is 2. The summed E-state index contributed by atoms with van der Waals surface area (Å²) >= 11 is 0. The van der Waals surface area contributed by atoms with Gasteiger partial charge in [0.05, 0.1) is 6.42 Å². The van der Waals surface area contributed by atoms with Crippen molar-refractivity contribution in [2.75, 3.05) is 0 Å². The standard InChI is InChI=1S/C18H18O7S.K.H/c1-12-3-7-14(8-4-12)24-17(19)11-16(26(21,22)23)18(20)25-15-9-5-13(2)6-10-15;;/h3-10,16H,11H2,1-2H3,(H,21,22,23);;/q;+1;-1. The minimum Gasteiger partial charge on any atom is -1.00 e. The fourth-order valence-electron chi connectivity index (χ4n) is 2.03. The fraction of sp³-hybridized carbons (Fsp3) is 0.222. The molecule has 1 atom stereocenters. The summed E-state index contributed by atoms with van der Waals surface area (Å²) in [5.41, 5.74) is 1.86. The Bertz CT molecular complexity index is 897. The molecule has 27 heavy (non-hydrogen) atoms. The molecule has 0 aliphatic rings. The van der Waals surface area contributed by atoms with Crippen molar-refractivity contribution in [3.8, 4) is 11.5 Å². The van der Waals surface area contributed by atoms with Crippen molar-refractivity contribution in [1.82, 2.24) is 0 Å². The quantitative estimate of drug-likeness (QED) is 0.294. The molecule has 2 rings (SSSR count). The smallest absolute Gasteiger partial charge is 1.00 e. The van der Waals surface area contributed by atoms with Crippen LogP contribution in [0, 0.1) is 13.8 Å². The average Bonchev–Trinajstić information content (AvgIpc) is 2.56. The van der Waals surface area contributed by atoms with Gasteiger partial charge in [0.2, 0.25) is 0 Å². The van der Waals surface area contributed by atoms with Crippen LogP contribution in [-0.4, -0.2) is 30.2 Å². The Hall–Kier alpha value is -1.07. The van der Waals surface area contributed by atoms with E-state index in [-0.39, 0.29) is 64.3 Å². The van der Waals surface area contributed by atoms with Crippen molar-refractivity contribution in [3.05, 3.63) is 59.7 Å². The first-order valence-electron chi connectivity index (χ1n) is 7.67. The molecule has 9 heteroatoms. The van der Waals surface area contributed by atoms with E-state index in [0.717, 1.165) is 11.1 Å². The van der Waals surface area contributed by atoms with Crippen LogP contribution in [0.25, 0.3) is 0 Å². The molecular formula is C18H19KO7S. The molecule has 140 valence electrons. The minimum absolute atomic E-state index is 0. The number of hydrogen-bond acceptors (Lipinski definition) is 6. The molecular weight excluding hydrogens is 399 g/mol. The van der Waals surface area contributed by atoms with Gasteiger partial charge in [-0.25, -0.2) is 0 Å². The van der Waals surface area contributed by atoms with Crippen LogP contribution in [0.4, 0.5) is 0 Å². The van der Waals surface area contributed by atoms with Crippen LogP contribution in [0.5, 0.6) is 11.5 Å². The Labute approximate surface area is 201 Å². The van der Waals surface area contributed by atoms with Gasteiger partial charge in [-0.2, -0.15) is 8.42 Å². The number of hydrogen-bond donors (Lipinski definition) is 1. The van der Waals surface area contributed by atoms with Crippen molar-refractivity contribution in [2.45, 2.75) is 25.5 Å². The minimum atomic E-state index is -4.86. The molecule has 0 bridgehead atoms. The third-order valence-corrected chi connectivity index (χ3v) is 4.54. The van der Waals surface area contributed by atoms with Gasteiger partial charge in [0.25, 0.3) is 10.1 Å². The number of carbonyl (C=O) groups excluding carboxylic acids is 2. The van der Waals surface area contributed by atoms with Gasteiger partial charge in [0.1, 0.15) is 11.5 Å². The number of aryl methyl sites for hydroxylation is 2. The van der Waals surface area contributed by atoms with E-state index in [1.165, 1.54) is 24.3 Å². The van der Waals surface area contributed by atoms with Crippen LogP contribution >= 0.6 is 0 Å². The van der Waals surface area contributed by atoms with Crippen LogP contribution in [0.3, 0.4) is 0 Å². The molecule has 2 aromatic rings. The number of ether oxygens (including phenoxy) is 2. The zero-order chi connectivity index (χ0) is 19.3. The molecule has 0 radical (unpaired) electrons. The maximum atomic E-state index is 12.1. The SMILES string of the molecule is Cc1ccc(OC(=O)CC(C(=O)Oc2ccc(C)cc2)S(=O)(=O)O)cc1.[H-].[K+]. The largest absolute Gasteiger partial charge is 1.00 e. The predicted molar refractivity (Wildman–Crippen MR) is 94.7 cm³/mol. The van der Waals surface area contributed by atoms with Gasteiger partial charge in [0.15, 0.2) is 5.25 Å². The van der Waals surface area contributed by atoms with Crippen molar-refractivity contribution in [3.63, 3.8) is 0 Å². The Morgan fingerprint density at radius 3 is 1.74 bits per heavy atom. The van der Waals surface area contributed by atoms with Crippen LogP contribution in [0.15, 0.2) is 48.5 Å². The Morgan fingerprint density at radius 1 is 0.926 bits per heavy atom. The monoisotopic (exact) mass is 418 g/mol. The van der Waals surface area contributed by atoms with E-state index < -0.39 is 33.7 Å². The van der Waals surface area contributed by atoms with Crippen molar-refractivity contribution in [2.24, 2.45) is 0 Å². The van der Waals surface area contributed by atoms with E-state index >= 15 is 0 Å². The predicted octanol–water partition coefficient (Wildman–Crippen LogP) is -0.423. The fourth-order valence-corrected chi connectivity index (χ4v) is 2.67. The van der Waals surface area contributed by atoms with Gasteiger partial charge in [0, 0.05) is 0 Å². The molecule has 1 unspecified atom stereocenters. The van der Waals surface area contributed by atoms with Crippen molar-refractivity contribution >= 4 is 22.1 Å². The van der Waals surface area contributed by atoms with Crippen LogP contribution in [0.1, 0.15) is 19.0 Å². The molecule has 0 aliphatic carbocycles. The molecule has 0 aromatic heterocycles. The van der Waals surface area contributed by atoms with Gasteiger partial charge in [-0.3, -0.25) is 14.1 Å². The molecule has 0 spiro atoms. The van der Waals surface area contributed by atoms with Gasteiger partial charge < -0.3 is 10.9 Å². The van der Waals surface area contributed by atoms with E-state index in [1.807, 2.05) is 13.8 Å². The second kappa shape index (κ2) is 10.5. The summed E-state index contributed by atoms with van der Waals surface area (Å²) in [6.07, 6.45) is -0.878. The first kappa shape index (κ1) is 24.0. The molecule has 0 heterocycles. The first-order valence-corrected chi connectivity index (χ1v) is 9.17. The first-order chi connectivity index (χ1) is 12.1. The van der Waals surface area contributed by atoms with E-state index in [1.54, 1.807) is 24.3 Å². The van der Waals surface area contributed by atoms with Gasteiger partial charge in [-0.1, -0.05) is 35.4 Å². The van der Waals surface area contributed by atoms with Crippen LogP contribution in [0.2, 0.25) is 0 Å². The second-order valence-electron chi connectivity index (χ2n) is 5.73. The Kier molecular flexibility index (Phi) is 9.29. The topological polar surface area (TPSA) is 107 Å². The van der Waals surface area contributed by atoms with Crippen molar-refractivity contribution in [1.29, 1.82) is 0 Å². The number of esters is 2. The van der Waals surface area contributed by atoms with E-state index in [0.29, 0.717) is 0 Å². The summed E-state index contributed by atoms with van der Waals surface area (Å²) in [6.45, 7) is 3.68. The molecule has 0 aliphatic heterocycles. The maximum absolute atomic E-state index is 12.1. The summed E-state index contributed by atoms with van der Waals surface area (Å²) < 4.78 is 42.2. The molecule has 0 amide bonds. The van der Waals surface area contributed by atoms with Crippen LogP contribution in [-0.2, 0) is 19.7 Å². The number of carbonyl (C=O) groups is 2. The summed E-state index contributed by atoms with van der Waals surface area (Å²) in [6, 6.07) is 12.7. The van der Waals surface area contributed by atoms with Crippen molar-refractivity contribution < 1.29 is 84.8 Å². The maximum Gasteiger partial charge on any atom is 1.00 e. The van der Waals surface area contributed by atoms with Gasteiger partial charge >= 0.3 is 63.3 Å². The van der Waals surface area contributed by atoms with Crippen LogP contribution < -0.4 is 60.9 Å². The zero-order valence-electron chi connectivity index (χ0n) is 16.2. The van der Waals surface area contributed by atoms with E-state index in [4.69, 9.17) is 9.47 Å². The Morgan fingerprint density at radius 2 is 1.33 bits per heavy atom. The third-order valence-electron chi connectivity index (χ3n) is 3.47. The van der Waals surface area contributed by atoms with Gasteiger partial charge in [-0.05, 0) is 38.1 Å². The second-order valence-corrected chi connectivity index (χ2v) is 7.33. The summed E-state index contributed by atoms with van der Waals surface area (Å²) in [7, 11) is -4.86. The summed E-state index contributed by atoms with van der Waals surface area (Å²) in [5, 5.41) is -2.08. The molecule has 0 fully saturated rings. The van der Waals surface area contributed by atoms with Gasteiger partial charge in [-0.15, -0.1) is 0 Å². The van der Waals surface area contributed by atoms with E-state index in [9.17, 15) is 22.6 Å². The zero-order valence-corrected chi connectivity index (χ0v) is 19.1. The molecule has 1 N–H and O–H groups in total.